The van der Waals surface area contributed by atoms with Crippen LogP contribution in [0.1, 0.15) is 23.2 Å². The Balaban J connectivity index is 2.13. The van der Waals surface area contributed by atoms with Crippen LogP contribution < -0.4 is 0 Å². The van der Waals surface area contributed by atoms with E-state index < -0.39 is 0 Å². The Bertz CT molecular complexity index is 446. The molecule has 0 saturated heterocycles. The van der Waals surface area contributed by atoms with Crippen LogP contribution in [0.4, 0.5) is 0 Å². The van der Waals surface area contributed by atoms with Crippen molar-refractivity contribution < 1.29 is 14.6 Å². The van der Waals surface area contributed by atoms with Crippen molar-refractivity contribution in [2.24, 2.45) is 0 Å². The lowest BCUT2D eigenvalue weighted by atomic mass is 10.2. The summed E-state index contributed by atoms with van der Waals surface area (Å²) in [7, 11) is 1.63. The zero-order chi connectivity index (χ0) is 13.1. The molecule has 5 heteroatoms. The van der Waals surface area contributed by atoms with Gasteiger partial charge in [0.25, 0.3) is 5.91 Å². The Morgan fingerprint density at radius 2 is 2.28 bits per heavy atom. The van der Waals surface area contributed by atoms with E-state index in [0.29, 0.717) is 29.2 Å². The molecule has 98 valence electrons. The van der Waals surface area contributed by atoms with Crippen LogP contribution in [-0.2, 0) is 4.74 Å². The largest absolute Gasteiger partial charge is 0.507 e. The van der Waals surface area contributed by atoms with Crippen LogP contribution in [0.15, 0.2) is 22.7 Å². The van der Waals surface area contributed by atoms with Crippen molar-refractivity contribution in [3.63, 3.8) is 0 Å². The summed E-state index contributed by atoms with van der Waals surface area (Å²) in [5.41, 5.74) is 0.513. The van der Waals surface area contributed by atoms with Crippen molar-refractivity contribution in [3.8, 4) is 5.75 Å². The van der Waals surface area contributed by atoms with Crippen molar-refractivity contribution in [2.45, 2.75) is 18.9 Å². The van der Waals surface area contributed by atoms with E-state index in [4.69, 9.17) is 4.74 Å². The average Bonchev–Trinajstić information content (AvgIpc) is 3.17. The standard InChI is InChI=1S/C13H16BrNO3/c1-18-7-6-15(10-3-4-10)13(17)9-2-5-11(14)12(16)8-9/h2,5,8,10,16H,3-4,6-7H2,1H3. The molecule has 1 aliphatic rings. The number of aromatic hydroxyl groups is 1. The summed E-state index contributed by atoms with van der Waals surface area (Å²) in [6.07, 6.45) is 2.11. The van der Waals surface area contributed by atoms with Gasteiger partial charge < -0.3 is 14.7 Å². The molecule has 1 saturated carbocycles. The molecular weight excluding hydrogens is 298 g/mol. The first-order valence-corrected chi connectivity index (χ1v) is 6.71. The quantitative estimate of drug-likeness (QED) is 0.908. The van der Waals surface area contributed by atoms with E-state index in [1.54, 1.807) is 19.2 Å². The summed E-state index contributed by atoms with van der Waals surface area (Å²) < 4.78 is 5.62. The van der Waals surface area contributed by atoms with Gasteiger partial charge in [-0.25, -0.2) is 0 Å². The van der Waals surface area contributed by atoms with Gasteiger partial charge in [-0.05, 0) is 47.0 Å². The first-order chi connectivity index (χ1) is 8.63. The van der Waals surface area contributed by atoms with E-state index in [9.17, 15) is 9.90 Å². The number of phenols is 1. The van der Waals surface area contributed by atoms with Gasteiger partial charge in [0.15, 0.2) is 0 Å². The normalized spacial score (nSPS) is 14.6. The minimum atomic E-state index is -0.0441. The van der Waals surface area contributed by atoms with Gasteiger partial charge in [-0.15, -0.1) is 0 Å². The second-order valence-corrected chi connectivity index (χ2v) is 5.24. The zero-order valence-corrected chi connectivity index (χ0v) is 11.8. The first-order valence-electron chi connectivity index (χ1n) is 5.92. The number of nitrogens with zero attached hydrogens (tertiary/aromatic N) is 1. The predicted octanol–water partition coefficient (Wildman–Crippen LogP) is 2.41. The maximum atomic E-state index is 12.3. The van der Waals surface area contributed by atoms with Gasteiger partial charge in [-0.1, -0.05) is 0 Å². The number of carbonyl (C=O) groups excluding carboxylic acids is 1. The highest BCUT2D eigenvalue weighted by Gasteiger charge is 2.32. The number of benzene rings is 1. The van der Waals surface area contributed by atoms with Gasteiger partial charge in [-0.3, -0.25) is 4.79 Å². The molecule has 0 atom stereocenters. The number of ether oxygens (including phenoxy) is 1. The topological polar surface area (TPSA) is 49.8 Å². The average molecular weight is 314 g/mol. The molecule has 0 aromatic heterocycles. The lowest BCUT2D eigenvalue weighted by Crippen LogP contribution is -2.35. The third kappa shape index (κ3) is 3.03. The molecule has 1 fully saturated rings. The third-order valence-electron chi connectivity index (χ3n) is 2.98. The molecule has 1 amide bonds. The van der Waals surface area contributed by atoms with Crippen LogP contribution in [0.5, 0.6) is 5.75 Å². The van der Waals surface area contributed by atoms with Gasteiger partial charge in [-0.2, -0.15) is 0 Å². The molecule has 4 nitrogen and oxygen atoms in total. The van der Waals surface area contributed by atoms with Gasteiger partial charge in [0, 0.05) is 25.3 Å². The number of phenolic OH excluding ortho intramolecular Hbond substituents is 1. The van der Waals surface area contributed by atoms with Gasteiger partial charge in [0.2, 0.25) is 0 Å². The fourth-order valence-corrected chi connectivity index (χ4v) is 2.08. The smallest absolute Gasteiger partial charge is 0.254 e. The van der Waals surface area contributed by atoms with Crippen molar-refractivity contribution in [2.75, 3.05) is 20.3 Å². The van der Waals surface area contributed by atoms with Crippen LogP contribution in [0.2, 0.25) is 0 Å². The summed E-state index contributed by atoms with van der Waals surface area (Å²) in [5, 5.41) is 9.62. The summed E-state index contributed by atoms with van der Waals surface area (Å²) in [6, 6.07) is 5.23. The Labute approximate surface area is 115 Å². The summed E-state index contributed by atoms with van der Waals surface area (Å²) in [4.78, 5) is 14.2. The summed E-state index contributed by atoms with van der Waals surface area (Å²) >= 11 is 3.20. The number of halogens is 1. The minimum Gasteiger partial charge on any atom is -0.507 e. The van der Waals surface area contributed by atoms with Crippen molar-refractivity contribution in [1.82, 2.24) is 4.90 Å². The lowest BCUT2D eigenvalue weighted by molar-refractivity contribution is 0.0680. The van der Waals surface area contributed by atoms with E-state index >= 15 is 0 Å². The van der Waals surface area contributed by atoms with E-state index in [2.05, 4.69) is 15.9 Å². The Kier molecular flexibility index (Phi) is 4.24. The Hall–Kier alpha value is -1.07. The number of amides is 1. The molecule has 0 unspecified atom stereocenters. The zero-order valence-electron chi connectivity index (χ0n) is 10.2. The van der Waals surface area contributed by atoms with E-state index in [1.165, 1.54) is 6.07 Å². The van der Waals surface area contributed by atoms with Gasteiger partial charge in [0.05, 0.1) is 11.1 Å². The molecule has 1 N–H and O–H groups in total. The first kappa shape index (κ1) is 13.4. The van der Waals surface area contributed by atoms with Crippen molar-refractivity contribution in [1.29, 1.82) is 0 Å². The SMILES string of the molecule is COCCN(C(=O)c1ccc(Br)c(O)c1)C1CC1. The molecule has 0 aliphatic heterocycles. The molecule has 0 heterocycles. The molecule has 2 rings (SSSR count). The molecule has 0 spiro atoms. The van der Waals surface area contributed by atoms with Crippen LogP contribution in [0, 0.1) is 0 Å². The monoisotopic (exact) mass is 313 g/mol. The van der Waals surface area contributed by atoms with E-state index in [0.717, 1.165) is 12.8 Å². The number of rotatable bonds is 5. The van der Waals surface area contributed by atoms with Crippen LogP contribution >= 0.6 is 15.9 Å². The fourth-order valence-electron chi connectivity index (χ4n) is 1.84. The Morgan fingerprint density at radius 1 is 1.56 bits per heavy atom. The molecule has 1 aliphatic carbocycles. The molecule has 1 aromatic carbocycles. The van der Waals surface area contributed by atoms with E-state index in [1.807, 2.05) is 4.90 Å². The molecule has 0 bridgehead atoms. The number of hydrogen-bond acceptors (Lipinski definition) is 3. The summed E-state index contributed by atoms with van der Waals surface area (Å²) in [6.45, 7) is 1.13. The molecular formula is C13H16BrNO3. The maximum Gasteiger partial charge on any atom is 0.254 e. The second kappa shape index (κ2) is 5.71. The van der Waals surface area contributed by atoms with Crippen LogP contribution in [-0.4, -0.2) is 42.2 Å². The minimum absolute atomic E-state index is 0.0441. The lowest BCUT2D eigenvalue weighted by Gasteiger charge is -2.22. The third-order valence-corrected chi connectivity index (χ3v) is 3.65. The van der Waals surface area contributed by atoms with Crippen molar-refractivity contribution >= 4 is 21.8 Å². The van der Waals surface area contributed by atoms with Gasteiger partial charge >= 0.3 is 0 Å². The Morgan fingerprint density at radius 3 is 2.83 bits per heavy atom. The van der Waals surface area contributed by atoms with Crippen molar-refractivity contribution in [3.05, 3.63) is 28.2 Å². The maximum absolute atomic E-state index is 12.3. The number of hydrogen-bond donors (Lipinski definition) is 1. The molecule has 0 radical (unpaired) electrons. The highest BCUT2D eigenvalue weighted by molar-refractivity contribution is 9.10. The second-order valence-electron chi connectivity index (χ2n) is 4.39. The highest BCUT2D eigenvalue weighted by atomic mass is 79.9. The predicted molar refractivity (Wildman–Crippen MR) is 71.7 cm³/mol. The fraction of sp³-hybridized carbons (Fsp3) is 0.462. The van der Waals surface area contributed by atoms with Gasteiger partial charge in [0.1, 0.15) is 5.75 Å². The number of methoxy groups -OCH3 is 1. The van der Waals surface area contributed by atoms with Crippen LogP contribution in [0.25, 0.3) is 0 Å². The number of carbonyl (C=O) groups is 1. The van der Waals surface area contributed by atoms with Crippen LogP contribution in [0.3, 0.4) is 0 Å². The molecule has 1 aromatic rings. The van der Waals surface area contributed by atoms with E-state index in [-0.39, 0.29) is 11.7 Å². The summed E-state index contributed by atoms with van der Waals surface area (Å²) in [5.74, 6) is 0.0423. The highest BCUT2D eigenvalue weighted by Crippen LogP contribution is 2.30. The molecule has 18 heavy (non-hydrogen) atoms.